The van der Waals surface area contributed by atoms with Crippen molar-refractivity contribution in [3.05, 3.63) is 78.8 Å². The molecule has 3 aromatic rings. The van der Waals surface area contributed by atoms with Crippen molar-refractivity contribution in [3.63, 3.8) is 0 Å². The summed E-state index contributed by atoms with van der Waals surface area (Å²) in [7, 11) is -2.62. The molecule has 3 rings (SSSR count). The van der Waals surface area contributed by atoms with Crippen LogP contribution in [0.1, 0.15) is 18.5 Å². The topological polar surface area (TPSA) is 146 Å². The van der Waals surface area contributed by atoms with Gasteiger partial charge in [0.1, 0.15) is 0 Å². The van der Waals surface area contributed by atoms with Crippen LogP contribution < -0.4 is 11.1 Å². The lowest BCUT2D eigenvalue weighted by Gasteiger charge is -2.24. The van der Waals surface area contributed by atoms with Crippen molar-refractivity contribution >= 4 is 26.7 Å². The van der Waals surface area contributed by atoms with Crippen molar-refractivity contribution in [2.24, 2.45) is 0 Å². The van der Waals surface area contributed by atoms with Crippen LogP contribution in [-0.4, -0.2) is 34.7 Å². The van der Waals surface area contributed by atoms with Gasteiger partial charge in [0, 0.05) is 25.2 Å². The predicted molar refractivity (Wildman–Crippen MR) is 102 cm³/mol. The number of sulfonamides is 1. The third kappa shape index (κ3) is 3.44. The van der Waals surface area contributed by atoms with Crippen molar-refractivity contribution in [1.82, 2.24) is 14.3 Å². The Morgan fingerprint density at radius 2 is 1.68 bits per heavy atom. The van der Waals surface area contributed by atoms with E-state index < -0.39 is 32.1 Å². The Hall–Kier alpha value is -3.31. The maximum Gasteiger partial charge on any atom is 0.314 e. The van der Waals surface area contributed by atoms with E-state index in [-0.39, 0.29) is 21.6 Å². The lowest BCUT2D eigenvalue weighted by atomic mass is 10.1. The third-order valence-corrected chi connectivity index (χ3v) is 6.40. The van der Waals surface area contributed by atoms with Crippen molar-refractivity contribution in [2.75, 3.05) is 7.05 Å². The molecule has 28 heavy (non-hydrogen) atoms. The molecule has 0 aliphatic carbocycles. The van der Waals surface area contributed by atoms with Gasteiger partial charge in [-0.25, -0.2) is 8.42 Å². The molecule has 1 aromatic heterocycles. The normalized spacial score (nSPS) is 13.0. The summed E-state index contributed by atoms with van der Waals surface area (Å²) >= 11 is 0. The van der Waals surface area contributed by atoms with Gasteiger partial charge in [-0.15, -0.1) is 0 Å². The molecular formula is C17H16N4O6S. The highest BCUT2D eigenvalue weighted by Gasteiger charge is 2.27. The van der Waals surface area contributed by atoms with Crippen LogP contribution in [0, 0.1) is 10.1 Å². The van der Waals surface area contributed by atoms with E-state index >= 15 is 0 Å². The summed E-state index contributed by atoms with van der Waals surface area (Å²) in [5.41, 5.74) is -0.943. The molecule has 146 valence electrons. The van der Waals surface area contributed by atoms with Crippen molar-refractivity contribution in [3.8, 4) is 0 Å². The Morgan fingerprint density at radius 1 is 1.04 bits per heavy atom. The van der Waals surface area contributed by atoms with E-state index in [0.717, 1.165) is 4.31 Å². The number of aromatic nitrogens is 2. The van der Waals surface area contributed by atoms with Crippen LogP contribution in [-0.2, 0) is 10.0 Å². The molecule has 0 radical (unpaired) electrons. The summed E-state index contributed by atoms with van der Waals surface area (Å²) in [5.74, 6) is 0. The van der Waals surface area contributed by atoms with E-state index in [2.05, 4.69) is 9.97 Å². The minimum atomic E-state index is -3.98. The summed E-state index contributed by atoms with van der Waals surface area (Å²) in [6, 6.07) is 8.99. The fourth-order valence-electron chi connectivity index (χ4n) is 2.74. The maximum atomic E-state index is 13.0. The number of hydrogen-bond acceptors (Lipinski definition) is 6. The maximum absolute atomic E-state index is 13.0. The zero-order chi connectivity index (χ0) is 20.6. The number of nitro benzene ring substituents is 1. The second kappa shape index (κ2) is 7.02. The molecule has 0 bridgehead atoms. The lowest BCUT2D eigenvalue weighted by molar-refractivity contribution is -0.384. The van der Waals surface area contributed by atoms with E-state index in [1.807, 2.05) is 0 Å². The fraction of sp³-hybridized carbons (Fsp3) is 0.176. The van der Waals surface area contributed by atoms with Crippen LogP contribution in [0.2, 0.25) is 0 Å². The first-order chi connectivity index (χ1) is 13.1. The molecular weight excluding hydrogens is 388 g/mol. The van der Waals surface area contributed by atoms with Crippen molar-refractivity contribution in [1.29, 1.82) is 0 Å². The van der Waals surface area contributed by atoms with Gasteiger partial charge in [-0.2, -0.15) is 4.31 Å². The molecule has 0 saturated carbocycles. The number of hydrogen-bond donors (Lipinski definition) is 2. The number of nitrogens with one attached hydrogen (secondary N) is 2. The highest BCUT2D eigenvalue weighted by molar-refractivity contribution is 7.89. The summed E-state index contributed by atoms with van der Waals surface area (Å²) < 4.78 is 27.1. The molecule has 0 amide bonds. The Bertz CT molecular complexity index is 1290. The zero-order valence-electron chi connectivity index (χ0n) is 14.9. The van der Waals surface area contributed by atoms with E-state index in [1.54, 1.807) is 13.0 Å². The number of nitro groups is 1. The Balaban J connectivity index is 2.02. The van der Waals surface area contributed by atoms with Crippen molar-refractivity contribution < 1.29 is 13.3 Å². The Kier molecular flexibility index (Phi) is 4.87. The molecule has 0 spiro atoms. The summed E-state index contributed by atoms with van der Waals surface area (Å²) in [6.45, 7) is 1.61. The van der Waals surface area contributed by atoms with Gasteiger partial charge in [-0.05, 0) is 30.7 Å². The first-order valence-electron chi connectivity index (χ1n) is 8.10. The quantitative estimate of drug-likeness (QED) is 0.374. The van der Waals surface area contributed by atoms with Gasteiger partial charge in [0.2, 0.25) is 10.0 Å². The SMILES string of the molecule is CC(c1cccc([N+](=O)[O-])c1)N(C)S(=O)(=O)c1ccc2[nH]c(=O)c(=O)[nH]c2c1. The van der Waals surface area contributed by atoms with Gasteiger partial charge < -0.3 is 9.97 Å². The molecule has 1 atom stereocenters. The summed E-state index contributed by atoms with van der Waals surface area (Å²) in [4.78, 5) is 37.9. The largest absolute Gasteiger partial charge is 0.316 e. The molecule has 0 aliphatic heterocycles. The van der Waals surface area contributed by atoms with Crippen LogP contribution in [0.4, 0.5) is 5.69 Å². The minimum absolute atomic E-state index is 0.0949. The number of non-ortho nitro benzene ring substituents is 1. The number of rotatable bonds is 5. The van der Waals surface area contributed by atoms with Crippen LogP contribution in [0.5, 0.6) is 0 Å². The van der Waals surface area contributed by atoms with Gasteiger partial charge >= 0.3 is 11.1 Å². The lowest BCUT2D eigenvalue weighted by Crippen LogP contribution is -2.30. The highest BCUT2D eigenvalue weighted by Crippen LogP contribution is 2.28. The Morgan fingerprint density at radius 3 is 2.32 bits per heavy atom. The second-order valence-corrected chi connectivity index (χ2v) is 8.16. The number of fused-ring (bicyclic) bond motifs is 1. The van der Waals surface area contributed by atoms with Gasteiger partial charge in [0.15, 0.2) is 0 Å². The van der Waals surface area contributed by atoms with E-state index in [0.29, 0.717) is 5.56 Å². The standard InChI is InChI=1S/C17H16N4O6S/c1-10(11-4-3-5-12(8-11)21(24)25)20(2)28(26,27)13-6-7-14-15(9-13)19-17(23)16(22)18-14/h3-10H,1-2H3,(H,18,22)(H,19,23). The van der Waals surface area contributed by atoms with Gasteiger partial charge in [-0.1, -0.05) is 12.1 Å². The van der Waals surface area contributed by atoms with Crippen LogP contribution >= 0.6 is 0 Å². The fourth-order valence-corrected chi connectivity index (χ4v) is 4.11. The molecule has 10 nitrogen and oxygen atoms in total. The smallest absolute Gasteiger partial charge is 0.314 e. The zero-order valence-corrected chi connectivity index (χ0v) is 15.7. The van der Waals surface area contributed by atoms with E-state index in [4.69, 9.17) is 0 Å². The van der Waals surface area contributed by atoms with Crippen molar-refractivity contribution in [2.45, 2.75) is 17.9 Å². The van der Waals surface area contributed by atoms with Gasteiger partial charge in [-0.3, -0.25) is 19.7 Å². The second-order valence-electron chi connectivity index (χ2n) is 6.16. The summed E-state index contributed by atoms with van der Waals surface area (Å²) in [5, 5.41) is 11.0. The molecule has 11 heteroatoms. The average molecular weight is 404 g/mol. The molecule has 0 saturated heterocycles. The van der Waals surface area contributed by atoms with Crippen LogP contribution in [0.15, 0.2) is 56.9 Å². The monoisotopic (exact) mass is 404 g/mol. The number of aromatic amines is 2. The molecule has 2 aromatic carbocycles. The number of benzene rings is 2. The first-order valence-corrected chi connectivity index (χ1v) is 9.54. The summed E-state index contributed by atoms with van der Waals surface area (Å²) in [6.07, 6.45) is 0. The van der Waals surface area contributed by atoms with Gasteiger partial charge in [0.05, 0.1) is 20.9 Å². The minimum Gasteiger partial charge on any atom is -0.316 e. The molecule has 0 aliphatic rings. The Labute approximate surface area is 158 Å². The molecule has 2 N–H and O–H groups in total. The van der Waals surface area contributed by atoms with E-state index in [9.17, 15) is 28.1 Å². The molecule has 1 heterocycles. The molecule has 0 fully saturated rings. The highest BCUT2D eigenvalue weighted by atomic mass is 32.2. The van der Waals surface area contributed by atoms with E-state index in [1.165, 1.54) is 43.4 Å². The van der Waals surface area contributed by atoms with Crippen LogP contribution in [0.3, 0.4) is 0 Å². The predicted octanol–water partition coefficient (Wildman–Crippen LogP) is 1.51. The molecule has 1 unspecified atom stereocenters. The first kappa shape index (κ1) is 19.5. The number of nitrogens with zero attached hydrogens (tertiary/aromatic N) is 2. The van der Waals surface area contributed by atoms with Gasteiger partial charge in [0.25, 0.3) is 5.69 Å². The average Bonchev–Trinajstić information content (AvgIpc) is 2.67. The van der Waals surface area contributed by atoms with Crippen LogP contribution in [0.25, 0.3) is 11.0 Å². The third-order valence-electron chi connectivity index (χ3n) is 4.48. The number of H-pyrrole nitrogens is 2.